The summed E-state index contributed by atoms with van der Waals surface area (Å²) >= 11 is 0. The largest absolute Gasteiger partial charge is 0.393 e. The SMILES string of the molecule is C[C@H](O)[C@@H]1C[C@@H]2O[C@H](c3ccccc3)[C@H](C)N2C1=O. The van der Waals surface area contributed by atoms with E-state index in [9.17, 15) is 9.90 Å². The molecular formula is C15H19NO3. The normalized spacial score (nSPS) is 35.5. The summed E-state index contributed by atoms with van der Waals surface area (Å²) in [5.41, 5.74) is 1.10. The van der Waals surface area contributed by atoms with E-state index in [2.05, 4.69) is 0 Å². The van der Waals surface area contributed by atoms with Gasteiger partial charge in [-0.25, -0.2) is 0 Å². The van der Waals surface area contributed by atoms with Crippen LogP contribution in [0.1, 0.15) is 31.9 Å². The Kier molecular flexibility index (Phi) is 3.07. The maximum absolute atomic E-state index is 12.3. The second-order valence-electron chi connectivity index (χ2n) is 5.49. The third-order valence-electron chi connectivity index (χ3n) is 4.23. The predicted molar refractivity (Wildman–Crippen MR) is 70.2 cm³/mol. The topological polar surface area (TPSA) is 49.8 Å². The number of ether oxygens (including phenoxy) is 1. The van der Waals surface area contributed by atoms with Crippen LogP contribution in [0.25, 0.3) is 0 Å². The molecule has 0 spiro atoms. The molecule has 4 nitrogen and oxygen atoms in total. The summed E-state index contributed by atoms with van der Waals surface area (Å²) in [6, 6.07) is 10.0. The molecule has 2 fully saturated rings. The summed E-state index contributed by atoms with van der Waals surface area (Å²) in [4.78, 5) is 14.1. The molecule has 4 heteroatoms. The number of benzene rings is 1. The van der Waals surface area contributed by atoms with Gasteiger partial charge in [0.05, 0.1) is 18.1 Å². The van der Waals surface area contributed by atoms with E-state index in [-0.39, 0.29) is 30.2 Å². The van der Waals surface area contributed by atoms with E-state index in [4.69, 9.17) is 4.74 Å². The molecule has 2 heterocycles. The number of rotatable bonds is 2. The van der Waals surface area contributed by atoms with Gasteiger partial charge in [-0.15, -0.1) is 0 Å². The van der Waals surface area contributed by atoms with Gasteiger partial charge in [0, 0.05) is 6.42 Å². The van der Waals surface area contributed by atoms with Crippen molar-refractivity contribution in [2.24, 2.45) is 5.92 Å². The standard InChI is InChI=1S/C15H19NO3/c1-9-14(11-6-4-3-5-7-11)19-13-8-12(10(2)17)15(18)16(9)13/h3-7,9-10,12-14,17H,8H2,1-2H3/t9-,10-,12-,13-,14-/m0/s1. The van der Waals surface area contributed by atoms with Crippen molar-refractivity contribution in [1.82, 2.24) is 4.90 Å². The lowest BCUT2D eigenvalue weighted by atomic mass is 10.00. The van der Waals surface area contributed by atoms with Crippen LogP contribution < -0.4 is 0 Å². The van der Waals surface area contributed by atoms with E-state index in [1.54, 1.807) is 11.8 Å². The maximum Gasteiger partial charge on any atom is 0.230 e. The molecule has 0 aromatic heterocycles. The molecule has 19 heavy (non-hydrogen) atoms. The van der Waals surface area contributed by atoms with Crippen LogP contribution in [-0.2, 0) is 9.53 Å². The first-order chi connectivity index (χ1) is 9.09. The summed E-state index contributed by atoms with van der Waals surface area (Å²) in [7, 11) is 0. The highest BCUT2D eigenvalue weighted by Crippen LogP contribution is 2.42. The fourth-order valence-electron chi connectivity index (χ4n) is 3.18. The van der Waals surface area contributed by atoms with Gasteiger partial charge in [0.25, 0.3) is 0 Å². The molecule has 1 aromatic carbocycles. The minimum Gasteiger partial charge on any atom is -0.393 e. The molecule has 3 rings (SSSR count). The van der Waals surface area contributed by atoms with Gasteiger partial charge in [-0.1, -0.05) is 30.3 Å². The van der Waals surface area contributed by atoms with Gasteiger partial charge in [-0.3, -0.25) is 4.79 Å². The molecular weight excluding hydrogens is 242 g/mol. The van der Waals surface area contributed by atoms with Crippen LogP contribution >= 0.6 is 0 Å². The van der Waals surface area contributed by atoms with Gasteiger partial charge in [0.15, 0.2) is 0 Å². The molecule has 1 N–H and O–H groups in total. The lowest BCUT2D eigenvalue weighted by Crippen LogP contribution is -2.37. The van der Waals surface area contributed by atoms with Crippen LogP contribution in [0, 0.1) is 5.92 Å². The van der Waals surface area contributed by atoms with Crippen LogP contribution in [-0.4, -0.2) is 34.3 Å². The molecule has 5 atom stereocenters. The molecule has 0 unspecified atom stereocenters. The Balaban J connectivity index is 1.82. The van der Waals surface area contributed by atoms with Gasteiger partial charge in [0.1, 0.15) is 12.3 Å². The molecule has 0 radical (unpaired) electrons. The Morgan fingerprint density at radius 2 is 2.05 bits per heavy atom. The van der Waals surface area contributed by atoms with Crippen LogP contribution in [0.3, 0.4) is 0 Å². The van der Waals surface area contributed by atoms with Gasteiger partial charge in [-0.05, 0) is 19.4 Å². The second kappa shape index (κ2) is 4.62. The average molecular weight is 261 g/mol. The first kappa shape index (κ1) is 12.6. The molecule has 0 aliphatic carbocycles. The van der Waals surface area contributed by atoms with Crippen molar-refractivity contribution < 1.29 is 14.6 Å². The lowest BCUT2D eigenvalue weighted by molar-refractivity contribution is -0.135. The summed E-state index contributed by atoms with van der Waals surface area (Å²) in [6.45, 7) is 3.68. The van der Waals surface area contributed by atoms with E-state index in [1.807, 2.05) is 37.3 Å². The van der Waals surface area contributed by atoms with Crippen molar-refractivity contribution in [2.75, 3.05) is 0 Å². The molecule has 102 valence electrons. The predicted octanol–water partition coefficient (Wildman–Crippen LogP) is 1.70. The van der Waals surface area contributed by atoms with Gasteiger partial charge >= 0.3 is 0 Å². The number of carbonyl (C=O) groups is 1. The summed E-state index contributed by atoms with van der Waals surface area (Å²) in [6.07, 6.45) is -0.272. The van der Waals surface area contributed by atoms with Gasteiger partial charge in [-0.2, -0.15) is 0 Å². The number of carbonyl (C=O) groups excluding carboxylic acids is 1. The van der Waals surface area contributed by atoms with E-state index in [0.29, 0.717) is 6.42 Å². The highest BCUT2D eigenvalue weighted by atomic mass is 16.5. The van der Waals surface area contributed by atoms with E-state index in [1.165, 1.54) is 0 Å². The molecule has 1 aromatic rings. The second-order valence-corrected chi connectivity index (χ2v) is 5.49. The van der Waals surface area contributed by atoms with E-state index >= 15 is 0 Å². The fourth-order valence-corrected chi connectivity index (χ4v) is 3.18. The Hall–Kier alpha value is -1.39. The van der Waals surface area contributed by atoms with Crippen molar-refractivity contribution in [3.05, 3.63) is 35.9 Å². The summed E-state index contributed by atoms with van der Waals surface area (Å²) in [5.74, 6) is -0.296. The molecule has 0 saturated carbocycles. The number of aliphatic hydroxyl groups excluding tert-OH is 1. The quantitative estimate of drug-likeness (QED) is 0.881. The van der Waals surface area contributed by atoms with Crippen LogP contribution in [0.5, 0.6) is 0 Å². The number of hydrogen-bond donors (Lipinski definition) is 1. The summed E-state index contributed by atoms with van der Waals surface area (Å²) in [5, 5.41) is 9.64. The van der Waals surface area contributed by atoms with Crippen LogP contribution in [0.4, 0.5) is 0 Å². The zero-order valence-corrected chi connectivity index (χ0v) is 11.2. The highest BCUT2D eigenvalue weighted by Gasteiger charge is 2.51. The number of nitrogens with zero attached hydrogens (tertiary/aromatic N) is 1. The van der Waals surface area contributed by atoms with Crippen molar-refractivity contribution in [3.8, 4) is 0 Å². The zero-order valence-electron chi connectivity index (χ0n) is 11.2. The monoisotopic (exact) mass is 261 g/mol. The Bertz CT molecular complexity index is 474. The van der Waals surface area contributed by atoms with Gasteiger partial charge in [0.2, 0.25) is 5.91 Å². The average Bonchev–Trinajstić information content (AvgIpc) is 2.89. The van der Waals surface area contributed by atoms with Crippen molar-refractivity contribution in [1.29, 1.82) is 0 Å². The summed E-state index contributed by atoms with van der Waals surface area (Å²) < 4.78 is 6.03. The van der Waals surface area contributed by atoms with Crippen LogP contribution in [0.15, 0.2) is 30.3 Å². The molecule has 2 aliphatic heterocycles. The third kappa shape index (κ3) is 1.95. The smallest absolute Gasteiger partial charge is 0.230 e. The number of aliphatic hydroxyl groups is 1. The molecule has 2 saturated heterocycles. The highest BCUT2D eigenvalue weighted by molar-refractivity contribution is 5.82. The van der Waals surface area contributed by atoms with Crippen molar-refractivity contribution in [3.63, 3.8) is 0 Å². The Morgan fingerprint density at radius 3 is 2.63 bits per heavy atom. The fraction of sp³-hybridized carbons (Fsp3) is 0.533. The lowest BCUT2D eigenvalue weighted by Gasteiger charge is -2.22. The first-order valence-electron chi connectivity index (χ1n) is 6.80. The number of amides is 1. The van der Waals surface area contributed by atoms with Crippen molar-refractivity contribution >= 4 is 5.91 Å². The van der Waals surface area contributed by atoms with Crippen LogP contribution in [0.2, 0.25) is 0 Å². The minimum atomic E-state index is -0.607. The van der Waals surface area contributed by atoms with E-state index < -0.39 is 6.10 Å². The Labute approximate surface area is 113 Å². The van der Waals surface area contributed by atoms with E-state index in [0.717, 1.165) is 5.56 Å². The maximum atomic E-state index is 12.3. The minimum absolute atomic E-state index is 0.0173. The number of hydrogen-bond acceptors (Lipinski definition) is 3. The zero-order chi connectivity index (χ0) is 13.6. The third-order valence-corrected chi connectivity index (χ3v) is 4.23. The van der Waals surface area contributed by atoms with Gasteiger partial charge < -0.3 is 14.7 Å². The van der Waals surface area contributed by atoms with Crippen molar-refractivity contribution in [2.45, 2.75) is 44.7 Å². The molecule has 1 amide bonds. The number of fused-ring (bicyclic) bond motifs is 1. The molecule has 0 bridgehead atoms. The molecule has 2 aliphatic rings. The Morgan fingerprint density at radius 1 is 1.37 bits per heavy atom. The first-order valence-corrected chi connectivity index (χ1v) is 6.80.